The molecule has 0 aliphatic rings. The number of para-hydroxylation sites is 1. The number of carbonyl (C=O) groups excluding carboxylic acids is 1. The number of carbonyl (C=O) groups is 1. The summed E-state index contributed by atoms with van der Waals surface area (Å²) in [6.07, 6.45) is 0. The Morgan fingerprint density at radius 1 is 1.33 bits per heavy atom. The molecule has 2 aromatic rings. The quantitative estimate of drug-likeness (QED) is 0.484. The second-order valence-electron chi connectivity index (χ2n) is 3.64. The van der Waals surface area contributed by atoms with Gasteiger partial charge in [0.1, 0.15) is 11.8 Å². The summed E-state index contributed by atoms with van der Waals surface area (Å²) < 4.78 is 9.90. The number of esters is 1. The van der Waals surface area contributed by atoms with Crippen LogP contribution in [0.15, 0.2) is 30.3 Å². The molecule has 94 valence electrons. The lowest BCUT2D eigenvalue weighted by molar-refractivity contribution is 0.0390. The lowest BCUT2D eigenvalue weighted by atomic mass is 10.1. The summed E-state index contributed by atoms with van der Waals surface area (Å²) in [5.41, 5.74) is 1.09. The van der Waals surface area contributed by atoms with Crippen molar-refractivity contribution in [2.45, 2.75) is 0 Å². The minimum atomic E-state index is -0.424. The number of hydrogen-bond acceptors (Lipinski definition) is 4. The molecule has 4 nitrogen and oxygen atoms in total. The Morgan fingerprint density at radius 3 is 2.89 bits per heavy atom. The Bertz CT molecular complexity index is 571. The van der Waals surface area contributed by atoms with Crippen LogP contribution in [0, 0.1) is 0 Å². The van der Waals surface area contributed by atoms with Crippen LogP contribution < -0.4 is 0 Å². The standard InChI is InChI=1S/C13H12ClNO3/c1-17-6-7-18-13(16)10-8-12(14)15-11-5-3-2-4-9(10)11/h2-5,8H,6-7H2,1H3. The van der Waals surface area contributed by atoms with Crippen molar-refractivity contribution >= 4 is 28.5 Å². The van der Waals surface area contributed by atoms with Gasteiger partial charge in [-0.2, -0.15) is 0 Å². The Balaban J connectivity index is 2.34. The van der Waals surface area contributed by atoms with E-state index in [2.05, 4.69) is 4.98 Å². The highest BCUT2D eigenvalue weighted by molar-refractivity contribution is 6.30. The summed E-state index contributed by atoms with van der Waals surface area (Å²) in [6.45, 7) is 0.575. The summed E-state index contributed by atoms with van der Waals surface area (Å²) in [6, 6.07) is 8.80. The third kappa shape index (κ3) is 2.78. The first kappa shape index (κ1) is 12.8. The molecule has 1 heterocycles. The Kier molecular flexibility index (Phi) is 4.12. The lowest BCUT2D eigenvalue weighted by Gasteiger charge is -2.07. The van der Waals surface area contributed by atoms with E-state index in [1.807, 2.05) is 18.2 Å². The van der Waals surface area contributed by atoms with Gasteiger partial charge in [-0.05, 0) is 12.1 Å². The van der Waals surface area contributed by atoms with Crippen LogP contribution in [0.1, 0.15) is 10.4 Å². The molecule has 0 N–H and O–H groups in total. The maximum absolute atomic E-state index is 11.9. The molecule has 0 spiro atoms. The molecule has 0 fully saturated rings. The number of pyridine rings is 1. The van der Waals surface area contributed by atoms with E-state index < -0.39 is 5.97 Å². The fraction of sp³-hybridized carbons (Fsp3) is 0.231. The van der Waals surface area contributed by atoms with Gasteiger partial charge in [0, 0.05) is 12.5 Å². The van der Waals surface area contributed by atoms with Crippen LogP contribution in [0.25, 0.3) is 10.9 Å². The van der Waals surface area contributed by atoms with E-state index in [9.17, 15) is 4.79 Å². The first-order valence-corrected chi connectivity index (χ1v) is 5.81. The maximum Gasteiger partial charge on any atom is 0.339 e. The third-order valence-corrected chi connectivity index (χ3v) is 2.62. The van der Waals surface area contributed by atoms with Crippen LogP contribution in [-0.4, -0.2) is 31.3 Å². The Morgan fingerprint density at radius 2 is 2.11 bits per heavy atom. The van der Waals surface area contributed by atoms with Gasteiger partial charge in [0.2, 0.25) is 0 Å². The van der Waals surface area contributed by atoms with Crippen LogP contribution >= 0.6 is 11.6 Å². The van der Waals surface area contributed by atoms with Gasteiger partial charge in [-0.25, -0.2) is 9.78 Å². The lowest BCUT2D eigenvalue weighted by Crippen LogP contribution is -2.10. The second-order valence-corrected chi connectivity index (χ2v) is 4.03. The van der Waals surface area contributed by atoms with E-state index in [1.165, 1.54) is 6.07 Å². The SMILES string of the molecule is COCCOC(=O)c1cc(Cl)nc2ccccc12. The number of ether oxygens (including phenoxy) is 2. The number of rotatable bonds is 4. The molecule has 0 radical (unpaired) electrons. The third-order valence-electron chi connectivity index (χ3n) is 2.43. The second kappa shape index (κ2) is 5.80. The fourth-order valence-corrected chi connectivity index (χ4v) is 1.81. The van der Waals surface area contributed by atoms with Crippen molar-refractivity contribution < 1.29 is 14.3 Å². The molecule has 0 amide bonds. The minimum Gasteiger partial charge on any atom is -0.460 e. The smallest absolute Gasteiger partial charge is 0.339 e. The van der Waals surface area contributed by atoms with E-state index >= 15 is 0 Å². The van der Waals surface area contributed by atoms with Crippen LogP contribution in [0.5, 0.6) is 0 Å². The number of hydrogen-bond donors (Lipinski definition) is 0. The van der Waals surface area contributed by atoms with Crippen molar-refractivity contribution in [3.63, 3.8) is 0 Å². The molecular weight excluding hydrogens is 254 g/mol. The highest BCUT2D eigenvalue weighted by Gasteiger charge is 2.13. The molecule has 0 aliphatic carbocycles. The highest BCUT2D eigenvalue weighted by Crippen LogP contribution is 2.21. The number of methoxy groups -OCH3 is 1. The molecule has 0 atom stereocenters. The minimum absolute atomic E-state index is 0.212. The fourth-order valence-electron chi connectivity index (χ4n) is 1.61. The molecule has 0 unspecified atom stereocenters. The van der Waals surface area contributed by atoms with Crippen LogP contribution in [0.2, 0.25) is 5.15 Å². The number of aromatic nitrogens is 1. The van der Waals surface area contributed by atoms with Crippen molar-refractivity contribution in [3.8, 4) is 0 Å². The molecule has 0 saturated carbocycles. The first-order chi connectivity index (χ1) is 8.72. The monoisotopic (exact) mass is 265 g/mol. The van der Waals surface area contributed by atoms with Crippen molar-refractivity contribution in [1.82, 2.24) is 4.98 Å². The summed E-state index contributed by atoms with van der Waals surface area (Å²) in [7, 11) is 1.55. The summed E-state index contributed by atoms with van der Waals surface area (Å²) >= 11 is 5.89. The molecule has 18 heavy (non-hydrogen) atoms. The van der Waals surface area contributed by atoms with Gasteiger partial charge in [0.15, 0.2) is 0 Å². The van der Waals surface area contributed by atoms with Crippen LogP contribution in [0.4, 0.5) is 0 Å². The van der Waals surface area contributed by atoms with Crippen LogP contribution in [-0.2, 0) is 9.47 Å². The summed E-state index contributed by atoms with van der Waals surface area (Å²) in [5, 5.41) is 0.997. The summed E-state index contributed by atoms with van der Waals surface area (Å²) in [4.78, 5) is 16.1. The average Bonchev–Trinajstić information content (AvgIpc) is 2.38. The number of benzene rings is 1. The van der Waals surface area contributed by atoms with E-state index in [4.69, 9.17) is 21.1 Å². The van der Waals surface area contributed by atoms with Gasteiger partial charge in [-0.1, -0.05) is 29.8 Å². The molecule has 0 aliphatic heterocycles. The van der Waals surface area contributed by atoms with Crippen molar-refractivity contribution in [2.24, 2.45) is 0 Å². The number of halogens is 1. The van der Waals surface area contributed by atoms with Gasteiger partial charge in [-0.15, -0.1) is 0 Å². The zero-order chi connectivity index (χ0) is 13.0. The average molecular weight is 266 g/mol. The maximum atomic E-state index is 11.9. The molecule has 5 heteroatoms. The van der Waals surface area contributed by atoms with Gasteiger partial charge in [-0.3, -0.25) is 0 Å². The van der Waals surface area contributed by atoms with E-state index in [0.29, 0.717) is 17.7 Å². The number of fused-ring (bicyclic) bond motifs is 1. The zero-order valence-electron chi connectivity index (χ0n) is 9.85. The van der Waals surface area contributed by atoms with Crippen molar-refractivity contribution in [3.05, 3.63) is 41.0 Å². The Hall–Kier alpha value is -1.65. The first-order valence-electron chi connectivity index (χ1n) is 5.43. The van der Waals surface area contributed by atoms with E-state index in [0.717, 1.165) is 5.39 Å². The van der Waals surface area contributed by atoms with Crippen molar-refractivity contribution in [1.29, 1.82) is 0 Å². The van der Waals surface area contributed by atoms with Crippen molar-refractivity contribution in [2.75, 3.05) is 20.3 Å². The summed E-state index contributed by atoms with van der Waals surface area (Å²) in [5.74, 6) is -0.424. The molecular formula is C13H12ClNO3. The van der Waals surface area contributed by atoms with Gasteiger partial charge < -0.3 is 9.47 Å². The van der Waals surface area contributed by atoms with Gasteiger partial charge >= 0.3 is 5.97 Å². The molecule has 0 bridgehead atoms. The largest absolute Gasteiger partial charge is 0.460 e. The molecule has 1 aromatic carbocycles. The topological polar surface area (TPSA) is 48.4 Å². The molecule has 1 aromatic heterocycles. The van der Waals surface area contributed by atoms with E-state index in [-0.39, 0.29) is 11.8 Å². The molecule has 2 rings (SSSR count). The van der Waals surface area contributed by atoms with Gasteiger partial charge in [0.05, 0.1) is 17.7 Å². The highest BCUT2D eigenvalue weighted by atomic mass is 35.5. The normalized spacial score (nSPS) is 10.6. The predicted molar refractivity (Wildman–Crippen MR) is 68.9 cm³/mol. The molecule has 0 saturated heterocycles. The van der Waals surface area contributed by atoms with E-state index in [1.54, 1.807) is 13.2 Å². The zero-order valence-corrected chi connectivity index (χ0v) is 10.6. The van der Waals surface area contributed by atoms with Gasteiger partial charge in [0.25, 0.3) is 0 Å². The Labute approximate surface area is 109 Å². The predicted octanol–water partition coefficient (Wildman–Crippen LogP) is 2.69. The van der Waals surface area contributed by atoms with Crippen LogP contribution in [0.3, 0.4) is 0 Å². The number of nitrogens with zero attached hydrogens (tertiary/aromatic N) is 1.